The van der Waals surface area contributed by atoms with E-state index in [4.69, 9.17) is 5.41 Å². The van der Waals surface area contributed by atoms with Crippen LogP contribution in [0.25, 0.3) is 10.9 Å². The number of alkyl halides is 3. The van der Waals surface area contributed by atoms with Crippen LogP contribution in [0.5, 0.6) is 5.75 Å². The number of anilines is 1. The van der Waals surface area contributed by atoms with Crippen LogP contribution in [0, 0.1) is 5.41 Å². The number of hydrogen-bond acceptors (Lipinski definition) is 3. The molecule has 0 fully saturated rings. The lowest BCUT2D eigenvalue weighted by atomic mass is 10.2. The predicted molar refractivity (Wildman–Crippen MR) is 92.0 cm³/mol. The number of nitrogens with zero attached hydrogens (tertiary/aromatic N) is 2. The molecule has 0 aliphatic rings. The van der Waals surface area contributed by atoms with Crippen molar-refractivity contribution in [1.29, 1.82) is 5.41 Å². The van der Waals surface area contributed by atoms with Gasteiger partial charge in [-0.25, -0.2) is 0 Å². The fraction of sp³-hybridized carbons (Fsp3) is 0.125. The van der Waals surface area contributed by atoms with Crippen molar-refractivity contribution in [2.45, 2.75) is 6.36 Å². The van der Waals surface area contributed by atoms with Gasteiger partial charge in [0, 0.05) is 22.5 Å². The first-order chi connectivity index (χ1) is 11.7. The molecule has 0 aliphatic heterocycles. The first-order valence-corrected chi connectivity index (χ1v) is 7.86. The number of aromatic nitrogens is 2. The predicted octanol–water partition coefficient (Wildman–Crippen LogP) is 4.67. The summed E-state index contributed by atoms with van der Waals surface area (Å²) >= 11 is 3.40. The molecule has 2 aromatic carbocycles. The highest BCUT2D eigenvalue weighted by Crippen LogP contribution is 2.26. The molecule has 0 saturated carbocycles. The van der Waals surface area contributed by atoms with E-state index in [2.05, 4.69) is 31.1 Å². The number of benzene rings is 2. The quantitative estimate of drug-likeness (QED) is 0.485. The minimum atomic E-state index is -4.74. The van der Waals surface area contributed by atoms with Crippen molar-refractivity contribution in [3.63, 3.8) is 0 Å². The van der Waals surface area contributed by atoms with E-state index >= 15 is 0 Å². The van der Waals surface area contributed by atoms with Crippen molar-refractivity contribution in [2.75, 3.05) is 5.32 Å². The summed E-state index contributed by atoms with van der Waals surface area (Å²) in [6, 6.07) is 10.7. The Morgan fingerprint density at radius 1 is 1.20 bits per heavy atom. The van der Waals surface area contributed by atoms with Gasteiger partial charge in [0.25, 0.3) is 0 Å². The van der Waals surface area contributed by atoms with E-state index in [0.29, 0.717) is 11.4 Å². The van der Waals surface area contributed by atoms with Crippen molar-refractivity contribution in [1.82, 2.24) is 9.78 Å². The van der Waals surface area contributed by atoms with Gasteiger partial charge in [-0.05, 0) is 42.5 Å². The first kappa shape index (κ1) is 17.3. The summed E-state index contributed by atoms with van der Waals surface area (Å²) in [5.74, 6) is 0.171. The van der Waals surface area contributed by atoms with E-state index in [-0.39, 0.29) is 11.6 Å². The van der Waals surface area contributed by atoms with Gasteiger partial charge in [0.05, 0.1) is 5.52 Å². The summed E-state index contributed by atoms with van der Waals surface area (Å²) in [5.41, 5.74) is 1.28. The standard InChI is InChI=1S/C16H12BrF3N4O/c1-24-13-8-10(17)4-7-12(13)15(23-24)22-14(21)9-2-5-11(6-3-9)25-16(18,19)20/h2-8H,1H3,(H2,21,22,23). The molecule has 1 aromatic heterocycles. The Morgan fingerprint density at radius 2 is 1.88 bits per heavy atom. The Hall–Kier alpha value is -2.55. The number of nitrogens with one attached hydrogen (secondary N) is 2. The van der Waals surface area contributed by atoms with E-state index in [1.807, 2.05) is 18.2 Å². The zero-order valence-corrected chi connectivity index (χ0v) is 14.4. The third-order valence-corrected chi connectivity index (χ3v) is 3.93. The fourth-order valence-corrected chi connectivity index (χ4v) is 2.69. The molecule has 0 aliphatic carbocycles. The topological polar surface area (TPSA) is 62.9 Å². The van der Waals surface area contributed by atoms with Crippen LogP contribution < -0.4 is 10.1 Å². The average molecular weight is 413 g/mol. The highest BCUT2D eigenvalue weighted by Gasteiger charge is 2.31. The van der Waals surface area contributed by atoms with Crippen LogP contribution in [0.1, 0.15) is 5.56 Å². The Bertz CT molecular complexity index is 935. The number of amidine groups is 1. The second-order valence-corrected chi connectivity index (χ2v) is 6.12. The van der Waals surface area contributed by atoms with Gasteiger partial charge in [-0.3, -0.25) is 10.1 Å². The molecule has 5 nitrogen and oxygen atoms in total. The summed E-state index contributed by atoms with van der Waals surface area (Å²) in [4.78, 5) is 0. The smallest absolute Gasteiger partial charge is 0.406 e. The van der Waals surface area contributed by atoms with Gasteiger partial charge in [0.2, 0.25) is 0 Å². The van der Waals surface area contributed by atoms with Crippen molar-refractivity contribution >= 4 is 38.5 Å². The van der Waals surface area contributed by atoms with E-state index in [1.165, 1.54) is 12.1 Å². The summed E-state index contributed by atoms with van der Waals surface area (Å²) in [7, 11) is 1.78. The van der Waals surface area contributed by atoms with Crippen molar-refractivity contribution < 1.29 is 17.9 Å². The monoisotopic (exact) mass is 412 g/mol. The van der Waals surface area contributed by atoms with Crippen molar-refractivity contribution in [3.05, 3.63) is 52.5 Å². The maximum Gasteiger partial charge on any atom is 0.573 e. The molecule has 0 unspecified atom stereocenters. The molecule has 0 bridgehead atoms. The maximum atomic E-state index is 12.2. The fourth-order valence-electron chi connectivity index (χ4n) is 2.34. The van der Waals surface area contributed by atoms with Crippen molar-refractivity contribution in [2.24, 2.45) is 7.05 Å². The minimum absolute atomic E-state index is 0.0153. The first-order valence-electron chi connectivity index (χ1n) is 7.07. The van der Waals surface area contributed by atoms with Gasteiger partial charge in [-0.2, -0.15) is 5.10 Å². The lowest BCUT2D eigenvalue weighted by Gasteiger charge is -2.10. The van der Waals surface area contributed by atoms with Gasteiger partial charge in [-0.15, -0.1) is 13.2 Å². The summed E-state index contributed by atoms with van der Waals surface area (Å²) in [6.07, 6.45) is -4.74. The Balaban J connectivity index is 1.81. The van der Waals surface area contributed by atoms with E-state index in [0.717, 1.165) is 27.5 Å². The lowest BCUT2D eigenvalue weighted by molar-refractivity contribution is -0.274. The maximum absolute atomic E-state index is 12.2. The van der Waals surface area contributed by atoms with Gasteiger partial charge < -0.3 is 10.1 Å². The summed E-state index contributed by atoms with van der Waals surface area (Å²) in [6.45, 7) is 0. The highest BCUT2D eigenvalue weighted by molar-refractivity contribution is 9.10. The van der Waals surface area contributed by atoms with Crippen LogP contribution >= 0.6 is 15.9 Å². The molecule has 9 heteroatoms. The number of rotatable bonds is 3. The second-order valence-electron chi connectivity index (χ2n) is 5.21. The average Bonchev–Trinajstić information content (AvgIpc) is 2.82. The number of halogens is 4. The van der Waals surface area contributed by atoms with E-state index in [9.17, 15) is 13.2 Å². The van der Waals surface area contributed by atoms with Gasteiger partial charge >= 0.3 is 6.36 Å². The second kappa shape index (κ2) is 6.40. The third-order valence-electron chi connectivity index (χ3n) is 3.43. The Morgan fingerprint density at radius 3 is 2.52 bits per heavy atom. The largest absolute Gasteiger partial charge is 0.573 e. The molecule has 3 rings (SSSR count). The number of ether oxygens (including phenoxy) is 1. The van der Waals surface area contributed by atoms with Crippen LogP contribution in [-0.4, -0.2) is 22.0 Å². The zero-order chi connectivity index (χ0) is 18.2. The zero-order valence-electron chi connectivity index (χ0n) is 12.9. The molecule has 0 amide bonds. The molecule has 130 valence electrons. The summed E-state index contributed by atoms with van der Waals surface area (Å²) in [5, 5.41) is 16.2. The SMILES string of the molecule is Cn1nc(NC(=N)c2ccc(OC(F)(F)F)cc2)c2ccc(Br)cc21. The number of aryl methyl sites for hydroxylation is 1. The molecule has 0 spiro atoms. The lowest BCUT2D eigenvalue weighted by Crippen LogP contribution is -2.17. The van der Waals surface area contributed by atoms with Crippen LogP contribution in [0.3, 0.4) is 0 Å². The molecular formula is C16H12BrF3N4O. The van der Waals surface area contributed by atoms with Crippen molar-refractivity contribution in [3.8, 4) is 5.75 Å². The molecular weight excluding hydrogens is 401 g/mol. The normalized spacial score (nSPS) is 11.6. The molecule has 0 saturated heterocycles. The molecule has 0 radical (unpaired) electrons. The molecule has 25 heavy (non-hydrogen) atoms. The molecule has 2 N–H and O–H groups in total. The molecule has 1 heterocycles. The minimum Gasteiger partial charge on any atom is -0.406 e. The molecule has 3 aromatic rings. The highest BCUT2D eigenvalue weighted by atomic mass is 79.9. The van der Waals surface area contributed by atoms with Gasteiger partial charge in [0.1, 0.15) is 11.6 Å². The number of fused-ring (bicyclic) bond motifs is 1. The Labute approximate surface area is 149 Å². The van der Waals surface area contributed by atoms with Gasteiger partial charge in [-0.1, -0.05) is 15.9 Å². The van der Waals surface area contributed by atoms with Crippen LogP contribution in [0.15, 0.2) is 46.9 Å². The molecule has 0 atom stereocenters. The summed E-state index contributed by atoms with van der Waals surface area (Å²) < 4.78 is 42.9. The van der Waals surface area contributed by atoms with Crippen LogP contribution in [0.4, 0.5) is 19.0 Å². The van der Waals surface area contributed by atoms with E-state index in [1.54, 1.807) is 11.7 Å². The number of hydrogen-bond donors (Lipinski definition) is 2. The van der Waals surface area contributed by atoms with E-state index < -0.39 is 6.36 Å². The van der Waals surface area contributed by atoms with Crippen LogP contribution in [0.2, 0.25) is 0 Å². The van der Waals surface area contributed by atoms with Gasteiger partial charge in [0.15, 0.2) is 5.82 Å². The van der Waals surface area contributed by atoms with Crippen LogP contribution in [-0.2, 0) is 7.05 Å². The Kier molecular flexibility index (Phi) is 4.42. The third kappa shape index (κ3) is 3.93.